The number of fused-ring (bicyclic) bond motifs is 1. The van der Waals surface area contributed by atoms with Gasteiger partial charge in [0.25, 0.3) is 5.91 Å². The van der Waals surface area contributed by atoms with Gasteiger partial charge in [-0.25, -0.2) is 8.42 Å². The van der Waals surface area contributed by atoms with E-state index in [-0.39, 0.29) is 5.91 Å². The lowest BCUT2D eigenvalue weighted by atomic mass is 10.2. The Bertz CT molecular complexity index is 861. The van der Waals surface area contributed by atoms with E-state index in [2.05, 4.69) is 0 Å². The Morgan fingerprint density at radius 2 is 1.72 bits per heavy atom. The minimum atomic E-state index is -3.48. The molecule has 1 aliphatic heterocycles. The molecule has 4 rings (SSSR count). The van der Waals surface area contributed by atoms with Gasteiger partial charge in [-0.05, 0) is 43.0 Å². The highest BCUT2D eigenvalue weighted by atomic mass is 32.2. The van der Waals surface area contributed by atoms with Crippen LogP contribution in [0.1, 0.15) is 26.5 Å². The normalized spacial score (nSPS) is 18.3. The lowest BCUT2D eigenvalue weighted by Gasteiger charge is -2.33. The number of rotatable bonds is 3. The standard InChI is InChI=1S/C18H20N2O3S2/c21-18(17-13-14-5-4-8-16(14)24-17)19-9-11-20(12-10-19)25(22,23)15-6-2-1-3-7-15/h1-3,6-7,13H,4-5,8-12H2. The van der Waals surface area contributed by atoms with Gasteiger partial charge >= 0.3 is 0 Å². The summed E-state index contributed by atoms with van der Waals surface area (Å²) in [4.78, 5) is 16.9. The average molecular weight is 377 g/mol. The highest BCUT2D eigenvalue weighted by molar-refractivity contribution is 7.89. The van der Waals surface area contributed by atoms with Crippen molar-refractivity contribution >= 4 is 27.3 Å². The minimum absolute atomic E-state index is 0.0381. The molecule has 0 saturated carbocycles. The molecule has 2 aromatic rings. The maximum absolute atomic E-state index is 12.7. The minimum Gasteiger partial charge on any atom is -0.335 e. The van der Waals surface area contributed by atoms with Crippen molar-refractivity contribution in [3.8, 4) is 0 Å². The molecule has 0 radical (unpaired) electrons. The zero-order chi connectivity index (χ0) is 17.4. The Kier molecular flexibility index (Phi) is 4.39. The molecule has 132 valence electrons. The van der Waals surface area contributed by atoms with Crippen molar-refractivity contribution in [1.82, 2.24) is 9.21 Å². The Labute approximate surface area is 151 Å². The summed E-state index contributed by atoms with van der Waals surface area (Å²) in [5, 5.41) is 0. The Hall–Kier alpha value is -1.70. The van der Waals surface area contributed by atoms with Crippen LogP contribution in [0.3, 0.4) is 0 Å². The van der Waals surface area contributed by atoms with Gasteiger partial charge in [0.05, 0.1) is 9.77 Å². The van der Waals surface area contributed by atoms with Crippen molar-refractivity contribution in [2.45, 2.75) is 24.2 Å². The molecule has 0 bridgehead atoms. The summed E-state index contributed by atoms with van der Waals surface area (Å²) in [7, 11) is -3.48. The van der Waals surface area contributed by atoms with Crippen LogP contribution in [-0.4, -0.2) is 49.7 Å². The van der Waals surface area contributed by atoms with Gasteiger partial charge in [0.15, 0.2) is 0 Å². The van der Waals surface area contributed by atoms with Crippen LogP contribution >= 0.6 is 11.3 Å². The third kappa shape index (κ3) is 3.12. The number of aryl methyl sites for hydroxylation is 2. The van der Waals surface area contributed by atoms with Gasteiger partial charge in [0.1, 0.15) is 0 Å². The Morgan fingerprint density at radius 1 is 1.00 bits per heavy atom. The van der Waals surface area contributed by atoms with Crippen LogP contribution < -0.4 is 0 Å². The number of hydrogen-bond acceptors (Lipinski definition) is 4. The summed E-state index contributed by atoms with van der Waals surface area (Å²) in [6, 6.07) is 10.5. The molecule has 7 heteroatoms. The van der Waals surface area contributed by atoms with E-state index < -0.39 is 10.0 Å². The van der Waals surface area contributed by atoms with Crippen LogP contribution in [0.4, 0.5) is 0 Å². The number of amides is 1. The average Bonchev–Trinajstić information content (AvgIpc) is 3.24. The third-order valence-electron chi connectivity index (χ3n) is 4.86. The fraction of sp³-hybridized carbons (Fsp3) is 0.389. The zero-order valence-corrected chi connectivity index (χ0v) is 15.5. The van der Waals surface area contributed by atoms with Crippen LogP contribution in [0, 0.1) is 0 Å². The first-order valence-electron chi connectivity index (χ1n) is 8.52. The van der Waals surface area contributed by atoms with Crippen LogP contribution in [0.5, 0.6) is 0 Å². The third-order valence-corrected chi connectivity index (χ3v) is 8.00. The smallest absolute Gasteiger partial charge is 0.264 e. The fourth-order valence-corrected chi connectivity index (χ4v) is 6.13. The maximum Gasteiger partial charge on any atom is 0.264 e. The monoisotopic (exact) mass is 376 g/mol. The molecule has 1 aliphatic carbocycles. The summed E-state index contributed by atoms with van der Waals surface area (Å²) in [5.41, 5.74) is 1.32. The molecule has 0 N–H and O–H groups in total. The summed E-state index contributed by atoms with van der Waals surface area (Å²) in [6.45, 7) is 1.56. The molecule has 2 aliphatic rings. The van der Waals surface area contributed by atoms with Gasteiger partial charge in [-0.1, -0.05) is 18.2 Å². The van der Waals surface area contributed by atoms with Gasteiger partial charge in [-0.3, -0.25) is 4.79 Å². The van der Waals surface area contributed by atoms with E-state index >= 15 is 0 Å². The molecule has 1 saturated heterocycles. The lowest BCUT2D eigenvalue weighted by Crippen LogP contribution is -2.50. The highest BCUT2D eigenvalue weighted by Crippen LogP contribution is 2.31. The second-order valence-electron chi connectivity index (χ2n) is 6.42. The summed E-state index contributed by atoms with van der Waals surface area (Å²) < 4.78 is 26.8. The van der Waals surface area contributed by atoms with E-state index in [0.717, 1.165) is 17.7 Å². The summed E-state index contributed by atoms with van der Waals surface area (Å²) >= 11 is 1.60. The van der Waals surface area contributed by atoms with Crippen molar-refractivity contribution in [2.75, 3.05) is 26.2 Å². The molecule has 1 aromatic carbocycles. The molecule has 1 aromatic heterocycles. The second kappa shape index (κ2) is 6.55. The van der Waals surface area contributed by atoms with E-state index in [4.69, 9.17) is 0 Å². The van der Waals surface area contributed by atoms with Crippen molar-refractivity contribution < 1.29 is 13.2 Å². The fourth-order valence-electron chi connectivity index (χ4n) is 3.46. The number of thiophene rings is 1. The van der Waals surface area contributed by atoms with E-state index in [0.29, 0.717) is 31.1 Å². The molecule has 2 heterocycles. The first-order chi connectivity index (χ1) is 12.1. The first kappa shape index (κ1) is 16.8. The molecule has 25 heavy (non-hydrogen) atoms. The molecule has 1 amide bonds. The summed E-state index contributed by atoms with van der Waals surface area (Å²) in [6.07, 6.45) is 3.34. The van der Waals surface area contributed by atoms with Crippen molar-refractivity contribution in [1.29, 1.82) is 0 Å². The Balaban J connectivity index is 1.43. The number of carbonyl (C=O) groups is 1. The van der Waals surface area contributed by atoms with E-state index in [1.54, 1.807) is 46.6 Å². The van der Waals surface area contributed by atoms with Gasteiger partial charge < -0.3 is 4.90 Å². The summed E-state index contributed by atoms with van der Waals surface area (Å²) in [5.74, 6) is 0.0381. The number of sulfonamides is 1. The molecule has 0 spiro atoms. The Morgan fingerprint density at radius 3 is 2.40 bits per heavy atom. The zero-order valence-electron chi connectivity index (χ0n) is 13.8. The second-order valence-corrected chi connectivity index (χ2v) is 9.50. The number of hydrogen-bond donors (Lipinski definition) is 0. The molecular weight excluding hydrogens is 356 g/mol. The first-order valence-corrected chi connectivity index (χ1v) is 10.8. The van der Waals surface area contributed by atoms with Crippen LogP contribution in [-0.2, 0) is 22.9 Å². The molecule has 0 atom stereocenters. The van der Waals surface area contributed by atoms with Crippen LogP contribution in [0.15, 0.2) is 41.3 Å². The SMILES string of the molecule is O=C(c1cc2c(s1)CCC2)N1CCN(S(=O)(=O)c2ccccc2)CC1. The van der Waals surface area contributed by atoms with E-state index in [1.165, 1.54) is 21.2 Å². The molecule has 5 nitrogen and oxygen atoms in total. The number of benzene rings is 1. The van der Waals surface area contributed by atoms with Crippen molar-refractivity contribution in [3.63, 3.8) is 0 Å². The number of piperazine rings is 1. The van der Waals surface area contributed by atoms with Gasteiger partial charge in [-0.15, -0.1) is 11.3 Å². The van der Waals surface area contributed by atoms with Crippen LogP contribution in [0.2, 0.25) is 0 Å². The lowest BCUT2D eigenvalue weighted by molar-refractivity contribution is 0.0702. The predicted molar refractivity (Wildman–Crippen MR) is 97.4 cm³/mol. The van der Waals surface area contributed by atoms with Crippen molar-refractivity contribution in [3.05, 3.63) is 51.7 Å². The van der Waals surface area contributed by atoms with Gasteiger partial charge in [0, 0.05) is 31.1 Å². The number of carbonyl (C=O) groups excluding carboxylic acids is 1. The van der Waals surface area contributed by atoms with Crippen LogP contribution in [0.25, 0.3) is 0 Å². The molecule has 0 unspecified atom stereocenters. The highest BCUT2D eigenvalue weighted by Gasteiger charge is 2.31. The largest absolute Gasteiger partial charge is 0.335 e. The number of nitrogens with zero attached hydrogens (tertiary/aromatic N) is 2. The van der Waals surface area contributed by atoms with E-state index in [9.17, 15) is 13.2 Å². The molecular formula is C18H20N2O3S2. The topological polar surface area (TPSA) is 57.7 Å². The molecule has 1 fully saturated rings. The van der Waals surface area contributed by atoms with Crippen molar-refractivity contribution in [2.24, 2.45) is 0 Å². The maximum atomic E-state index is 12.7. The predicted octanol–water partition coefficient (Wildman–Crippen LogP) is 2.38. The quantitative estimate of drug-likeness (QED) is 0.826. The van der Waals surface area contributed by atoms with Gasteiger partial charge in [0.2, 0.25) is 10.0 Å². The van der Waals surface area contributed by atoms with Gasteiger partial charge in [-0.2, -0.15) is 4.31 Å². The van der Waals surface area contributed by atoms with E-state index in [1.807, 2.05) is 6.07 Å².